The fourth-order valence-electron chi connectivity index (χ4n) is 2.70. The molecule has 0 spiro atoms. The molecule has 1 aliphatic heterocycles. The van der Waals surface area contributed by atoms with Gasteiger partial charge in [0.2, 0.25) is 5.91 Å². The fraction of sp³-hybridized carbons (Fsp3) is 0.733. The molecule has 5 heteroatoms. The molecule has 20 heavy (non-hydrogen) atoms. The number of methoxy groups -OCH3 is 1. The Morgan fingerprint density at radius 2 is 2.10 bits per heavy atom. The lowest BCUT2D eigenvalue weighted by Crippen LogP contribution is -2.49. The largest absolute Gasteiger partial charge is 0.481 e. The van der Waals surface area contributed by atoms with Gasteiger partial charge in [-0.3, -0.25) is 9.59 Å². The molecule has 1 N–H and O–H groups in total. The average molecular weight is 283 g/mol. The van der Waals surface area contributed by atoms with E-state index >= 15 is 0 Å². The third-order valence-corrected chi connectivity index (χ3v) is 3.76. The first kappa shape index (κ1) is 16.7. The van der Waals surface area contributed by atoms with Crippen molar-refractivity contribution in [2.24, 2.45) is 5.41 Å². The summed E-state index contributed by atoms with van der Waals surface area (Å²) in [5.41, 5.74) is 0.114. The van der Waals surface area contributed by atoms with Crippen molar-refractivity contribution >= 4 is 11.9 Å². The van der Waals surface area contributed by atoms with Crippen LogP contribution in [0.25, 0.3) is 0 Å². The number of allylic oxidation sites excluding steroid dienone is 1. The lowest BCUT2D eigenvalue weighted by Gasteiger charge is -2.39. The van der Waals surface area contributed by atoms with Crippen LogP contribution in [0.4, 0.5) is 0 Å². The zero-order valence-electron chi connectivity index (χ0n) is 12.6. The topological polar surface area (TPSA) is 66.8 Å². The van der Waals surface area contributed by atoms with Crippen LogP contribution >= 0.6 is 0 Å². The van der Waals surface area contributed by atoms with Crippen LogP contribution in [0.2, 0.25) is 0 Å². The number of hydrogen-bond donors (Lipinski definition) is 1. The summed E-state index contributed by atoms with van der Waals surface area (Å²) in [5.74, 6) is -0.884. The summed E-state index contributed by atoms with van der Waals surface area (Å²) in [6.45, 7) is 5.23. The van der Waals surface area contributed by atoms with Gasteiger partial charge in [0, 0.05) is 32.9 Å². The monoisotopic (exact) mass is 283 g/mol. The molecule has 0 unspecified atom stereocenters. The number of rotatable bonds is 6. The van der Waals surface area contributed by atoms with E-state index < -0.39 is 11.4 Å². The van der Waals surface area contributed by atoms with Gasteiger partial charge in [-0.15, -0.1) is 0 Å². The highest BCUT2D eigenvalue weighted by atomic mass is 16.5. The molecule has 114 valence electrons. The van der Waals surface area contributed by atoms with Gasteiger partial charge >= 0.3 is 5.97 Å². The van der Waals surface area contributed by atoms with Gasteiger partial charge in [0.15, 0.2) is 0 Å². The van der Waals surface area contributed by atoms with Crippen molar-refractivity contribution in [2.45, 2.75) is 39.5 Å². The highest BCUT2D eigenvalue weighted by Gasteiger charge is 2.42. The molecule has 0 aromatic carbocycles. The smallest absolute Gasteiger partial charge is 0.311 e. The molecule has 1 atom stereocenters. The number of amides is 1. The van der Waals surface area contributed by atoms with Crippen LogP contribution in [0.3, 0.4) is 0 Å². The Labute approximate surface area is 120 Å². The van der Waals surface area contributed by atoms with Gasteiger partial charge in [0.1, 0.15) is 0 Å². The highest BCUT2D eigenvalue weighted by molar-refractivity contribution is 5.89. The van der Waals surface area contributed by atoms with Crippen molar-refractivity contribution in [3.05, 3.63) is 11.6 Å². The van der Waals surface area contributed by atoms with Crippen LogP contribution in [-0.2, 0) is 14.3 Å². The number of carboxylic acids is 1. The standard InChI is InChI=1S/C15H25NO4/c1-12(2)10-13(17)16-8-4-6-15(11-16,14(18)19)7-5-9-20-3/h10H,4-9,11H2,1-3H3,(H,18,19)/t15-/m1/s1. The van der Waals surface area contributed by atoms with E-state index in [-0.39, 0.29) is 5.91 Å². The normalized spacial score (nSPS) is 22.4. The number of carbonyl (C=O) groups is 2. The number of hydrogen-bond acceptors (Lipinski definition) is 3. The fourth-order valence-corrected chi connectivity index (χ4v) is 2.70. The molecule has 0 radical (unpaired) electrons. The molecule has 0 saturated carbocycles. The first-order valence-corrected chi connectivity index (χ1v) is 7.07. The molecule has 0 bridgehead atoms. The second-order valence-corrected chi connectivity index (χ2v) is 5.77. The van der Waals surface area contributed by atoms with E-state index in [0.29, 0.717) is 39.0 Å². The zero-order valence-corrected chi connectivity index (χ0v) is 12.6. The van der Waals surface area contributed by atoms with Gasteiger partial charge in [0.05, 0.1) is 5.41 Å². The maximum atomic E-state index is 12.1. The first-order valence-electron chi connectivity index (χ1n) is 7.07. The van der Waals surface area contributed by atoms with E-state index in [1.54, 1.807) is 18.1 Å². The Kier molecular flexibility index (Phi) is 6.20. The molecular weight excluding hydrogens is 258 g/mol. The third-order valence-electron chi connectivity index (χ3n) is 3.76. The molecule has 1 saturated heterocycles. The number of nitrogens with zero attached hydrogens (tertiary/aromatic N) is 1. The van der Waals surface area contributed by atoms with Gasteiger partial charge in [-0.2, -0.15) is 0 Å². The van der Waals surface area contributed by atoms with Gasteiger partial charge in [-0.1, -0.05) is 5.57 Å². The van der Waals surface area contributed by atoms with Crippen LogP contribution in [0, 0.1) is 5.41 Å². The SMILES string of the molecule is COCCC[C@]1(C(=O)O)CCCN(C(=O)C=C(C)C)C1. The molecule has 1 rings (SSSR count). The number of carboxylic acid groups (broad SMARTS) is 1. The molecule has 0 aromatic heterocycles. The Morgan fingerprint density at radius 3 is 2.65 bits per heavy atom. The van der Waals surface area contributed by atoms with Crippen molar-refractivity contribution in [1.29, 1.82) is 0 Å². The van der Waals surface area contributed by atoms with Crippen LogP contribution in [0.1, 0.15) is 39.5 Å². The summed E-state index contributed by atoms with van der Waals surface area (Å²) in [6, 6.07) is 0. The van der Waals surface area contributed by atoms with Gasteiger partial charge in [-0.25, -0.2) is 0 Å². The number of ether oxygens (including phenoxy) is 1. The van der Waals surface area contributed by atoms with Crippen molar-refractivity contribution in [2.75, 3.05) is 26.8 Å². The van der Waals surface area contributed by atoms with Gasteiger partial charge < -0.3 is 14.7 Å². The lowest BCUT2D eigenvalue weighted by molar-refractivity contribution is -0.155. The van der Waals surface area contributed by atoms with E-state index in [1.807, 2.05) is 13.8 Å². The summed E-state index contributed by atoms with van der Waals surface area (Å²) >= 11 is 0. The molecule has 1 amide bonds. The van der Waals surface area contributed by atoms with Crippen molar-refractivity contribution in [3.63, 3.8) is 0 Å². The maximum absolute atomic E-state index is 12.1. The van der Waals surface area contributed by atoms with E-state index in [1.165, 1.54) is 0 Å². The van der Waals surface area contributed by atoms with Crippen molar-refractivity contribution < 1.29 is 19.4 Å². The van der Waals surface area contributed by atoms with Crippen LogP contribution in [0.5, 0.6) is 0 Å². The minimum atomic E-state index is -0.818. The predicted molar refractivity (Wildman–Crippen MR) is 76.4 cm³/mol. The van der Waals surface area contributed by atoms with Gasteiger partial charge in [0.25, 0.3) is 0 Å². The zero-order chi connectivity index (χ0) is 15.2. The minimum Gasteiger partial charge on any atom is -0.481 e. The Morgan fingerprint density at radius 1 is 1.40 bits per heavy atom. The molecule has 1 fully saturated rings. The molecule has 1 aliphatic rings. The number of aliphatic carboxylic acids is 1. The molecule has 0 aliphatic carbocycles. The summed E-state index contributed by atoms with van der Waals surface area (Å²) < 4.78 is 5.00. The maximum Gasteiger partial charge on any atom is 0.311 e. The van der Waals surface area contributed by atoms with Crippen molar-refractivity contribution in [1.82, 2.24) is 4.90 Å². The molecule has 5 nitrogen and oxygen atoms in total. The van der Waals surface area contributed by atoms with Crippen LogP contribution in [0.15, 0.2) is 11.6 Å². The summed E-state index contributed by atoms with van der Waals surface area (Å²) in [6.07, 6.45) is 4.20. The van der Waals surface area contributed by atoms with E-state index in [0.717, 1.165) is 12.0 Å². The lowest BCUT2D eigenvalue weighted by atomic mass is 9.76. The van der Waals surface area contributed by atoms with E-state index in [9.17, 15) is 14.7 Å². The molecule has 0 aromatic rings. The number of piperidine rings is 1. The quantitative estimate of drug-likeness (QED) is 0.598. The Bertz CT molecular complexity index is 387. The van der Waals surface area contributed by atoms with Crippen LogP contribution < -0.4 is 0 Å². The van der Waals surface area contributed by atoms with Crippen molar-refractivity contribution in [3.8, 4) is 0 Å². The number of likely N-dealkylation sites (tertiary alicyclic amines) is 1. The Hall–Kier alpha value is -1.36. The van der Waals surface area contributed by atoms with Gasteiger partial charge in [-0.05, 0) is 39.5 Å². The first-order chi connectivity index (χ1) is 9.41. The summed E-state index contributed by atoms with van der Waals surface area (Å²) in [4.78, 5) is 25.4. The summed E-state index contributed by atoms with van der Waals surface area (Å²) in [5, 5.41) is 9.58. The second-order valence-electron chi connectivity index (χ2n) is 5.77. The molecule has 1 heterocycles. The average Bonchev–Trinajstić information content (AvgIpc) is 2.38. The third kappa shape index (κ3) is 4.34. The summed E-state index contributed by atoms with van der Waals surface area (Å²) in [7, 11) is 1.61. The minimum absolute atomic E-state index is 0.0814. The highest BCUT2D eigenvalue weighted by Crippen LogP contribution is 2.35. The second kappa shape index (κ2) is 7.43. The predicted octanol–water partition coefficient (Wildman–Crippen LogP) is 2.07. The molecular formula is C15H25NO4. The van der Waals surface area contributed by atoms with E-state index in [4.69, 9.17) is 4.74 Å². The number of carbonyl (C=O) groups excluding carboxylic acids is 1. The Balaban J connectivity index is 2.78. The van der Waals surface area contributed by atoms with E-state index in [2.05, 4.69) is 0 Å². The van der Waals surface area contributed by atoms with Crippen LogP contribution in [-0.4, -0.2) is 48.7 Å².